The van der Waals surface area contributed by atoms with Crippen LogP contribution in [0, 0.1) is 0 Å². The molecule has 108 valence electrons. The van der Waals surface area contributed by atoms with Crippen molar-refractivity contribution < 1.29 is 14.3 Å². The maximum absolute atomic E-state index is 12.2. The topological polar surface area (TPSA) is 84.1 Å². The molecule has 6 heteroatoms. The molecule has 1 amide bonds. The Balaban J connectivity index is 2.07. The molecule has 0 spiro atoms. The second-order valence-corrected chi connectivity index (χ2v) is 4.12. The second-order valence-electron chi connectivity index (χ2n) is 4.12. The summed E-state index contributed by atoms with van der Waals surface area (Å²) in [5, 5.41) is 2.71. The highest BCUT2D eigenvalue weighted by Crippen LogP contribution is 2.19. The minimum absolute atomic E-state index is 0.237. The smallest absolute Gasteiger partial charge is 0.330 e. The van der Waals surface area contributed by atoms with E-state index in [1.807, 2.05) is 12.1 Å². The van der Waals surface area contributed by atoms with E-state index in [1.165, 1.54) is 19.3 Å². The Labute approximate surface area is 121 Å². The number of aromatic amines is 1. The molecule has 1 aromatic heterocycles. The Kier molecular flexibility index (Phi) is 4.87. The van der Waals surface area contributed by atoms with Crippen molar-refractivity contribution in [2.45, 2.75) is 0 Å². The highest BCUT2D eigenvalue weighted by atomic mass is 16.5. The van der Waals surface area contributed by atoms with E-state index in [0.717, 1.165) is 5.56 Å². The summed E-state index contributed by atoms with van der Waals surface area (Å²) in [5.41, 5.74) is 1.23. The zero-order valence-electron chi connectivity index (χ0n) is 11.5. The number of imidazole rings is 1. The van der Waals surface area contributed by atoms with Crippen LogP contribution in [-0.4, -0.2) is 35.5 Å². The SMILES string of the molecule is COC(=O)/C=C/CNC(=O)c1ccccc1-c1ncc[nH]1. The van der Waals surface area contributed by atoms with Crippen molar-refractivity contribution in [1.82, 2.24) is 15.3 Å². The van der Waals surface area contributed by atoms with Gasteiger partial charge in [0.2, 0.25) is 0 Å². The van der Waals surface area contributed by atoms with Crippen LogP contribution in [0.25, 0.3) is 11.4 Å². The van der Waals surface area contributed by atoms with E-state index < -0.39 is 5.97 Å². The molecular weight excluding hydrogens is 270 g/mol. The van der Waals surface area contributed by atoms with Crippen molar-refractivity contribution in [2.75, 3.05) is 13.7 Å². The van der Waals surface area contributed by atoms with Crippen LogP contribution >= 0.6 is 0 Å². The lowest BCUT2D eigenvalue weighted by molar-refractivity contribution is -0.134. The third-order valence-corrected chi connectivity index (χ3v) is 2.76. The van der Waals surface area contributed by atoms with Crippen LogP contribution in [0.2, 0.25) is 0 Å². The van der Waals surface area contributed by atoms with E-state index in [1.54, 1.807) is 24.5 Å². The highest BCUT2D eigenvalue weighted by molar-refractivity contribution is 6.00. The van der Waals surface area contributed by atoms with Gasteiger partial charge in [0, 0.05) is 30.6 Å². The molecule has 0 aliphatic heterocycles. The number of hydrogen-bond acceptors (Lipinski definition) is 4. The van der Waals surface area contributed by atoms with E-state index >= 15 is 0 Å². The quantitative estimate of drug-likeness (QED) is 0.644. The summed E-state index contributed by atoms with van der Waals surface area (Å²) in [7, 11) is 1.30. The first-order chi connectivity index (χ1) is 10.2. The molecule has 2 aromatic rings. The standard InChI is InChI=1S/C15H15N3O3/c1-21-13(19)7-4-8-18-15(20)12-6-3-2-5-11(12)14-16-9-10-17-14/h2-7,9-10H,8H2,1H3,(H,16,17)(H,18,20)/b7-4+. The fourth-order valence-electron chi connectivity index (χ4n) is 1.77. The minimum atomic E-state index is -0.458. The number of nitrogens with zero attached hydrogens (tertiary/aromatic N) is 1. The lowest BCUT2D eigenvalue weighted by atomic mass is 10.1. The molecule has 0 aliphatic carbocycles. The first-order valence-electron chi connectivity index (χ1n) is 6.34. The van der Waals surface area contributed by atoms with Crippen LogP contribution in [0.3, 0.4) is 0 Å². The molecule has 2 N–H and O–H groups in total. The van der Waals surface area contributed by atoms with Crippen molar-refractivity contribution in [3.63, 3.8) is 0 Å². The van der Waals surface area contributed by atoms with Crippen molar-refractivity contribution in [2.24, 2.45) is 0 Å². The number of esters is 1. The Morgan fingerprint density at radius 2 is 2.19 bits per heavy atom. The predicted octanol–water partition coefficient (Wildman–Crippen LogP) is 1.54. The van der Waals surface area contributed by atoms with E-state index in [9.17, 15) is 9.59 Å². The van der Waals surface area contributed by atoms with Crippen molar-refractivity contribution in [1.29, 1.82) is 0 Å². The number of H-pyrrole nitrogens is 1. The number of carbonyl (C=O) groups is 2. The molecule has 6 nitrogen and oxygen atoms in total. The van der Waals surface area contributed by atoms with Crippen LogP contribution in [0.15, 0.2) is 48.8 Å². The van der Waals surface area contributed by atoms with Gasteiger partial charge in [0.25, 0.3) is 5.91 Å². The molecule has 0 unspecified atom stereocenters. The monoisotopic (exact) mass is 285 g/mol. The van der Waals surface area contributed by atoms with Crippen LogP contribution in [0.5, 0.6) is 0 Å². The normalized spacial score (nSPS) is 10.5. The third kappa shape index (κ3) is 3.79. The summed E-state index contributed by atoms with van der Waals surface area (Å²) >= 11 is 0. The second kappa shape index (κ2) is 7.04. The van der Waals surface area contributed by atoms with Gasteiger partial charge in [0.05, 0.1) is 12.7 Å². The number of carbonyl (C=O) groups excluding carboxylic acids is 2. The molecule has 1 aromatic carbocycles. The van der Waals surface area contributed by atoms with E-state index in [4.69, 9.17) is 0 Å². The van der Waals surface area contributed by atoms with Crippen LogP contribution in [-0.2, 0) is 9.53 Å². The Morgan fingerprint density at radius 3 is 2.90 bits per heavy atom. The molecular formula is C15H15N3O3. The maximum atomic E-state index is 12.2. The first kappa shape index (κ1) is 14.5. The molecule has 0 fully saturated rings. The summed E-state index contributed by atoms with van der Waals surface area (Å²) in [5.74, 6) is -0.0670. The average Bonchev–Trinajstić information content (AvgIpc) is 3.05. The van der Waals surface area contributed by atoms with E-state index in [0.29, 0.717) is 11.4 Å². The maximum Gasteiger partial charge on any atom is 0.330 e. The van der Waals surface area contributed by atoms with Crippen molar-refractivity contribution in [3.8, 4) is 11.4 Å². The Hall–Kier alpha value is -2.89. The molecule has 0 saturated heterocycles. The first-order valence-corrected chi connectivity index (χ1v) is 6.34. The molecule has 1 heterocycles. The number of ether oxygens (including phenoxy) is 1. The molecule has 21 heavy (non-hydrogen) atoms. The van der Waals surface area contributed by atoms with Gasteiger partial charge in [-0.2, -0.15) is 0 Å². The zero-order chi connectivity index (χ0) is 15.1. The van der Waals surface area contributed by atoms with Gasteiger partial charge >= 0.3 is 5.97 Å². The number of rotatable bonds is 5. The third-order valence-electron chi connectivity index (χ3n) is 2.76. The Bertz CT molecular complexity index is 648. The van der Waals surface area contributed by atoms with Crippen LogP contribution < -0.4 is 5.32 Å². The van der Waals surface area contributed by atoms with Crippen LogP contribution in [0.4, 0.5) is 0 Å². The molecule has 0 aliphatic rings. The lowest BCUT2D eigenvalue weighted by Crippen LogP contribution is -2.24. The summed E-state index contributed by atoms with van der Waals surface area (Å²) in [6.07, 6.45) is 6.12. The fourth-order valence-corrected chi connectivity index (χ4v) is 1.77. The van der Waals surface area contributed by atoms with Gasteiger partial charge in [-0.15, -0.1) is 0 Å². The van der Waals surface area contributed by atoms with Gasteiger partial charge in [-0.05, 0) is 6.07 Å². The molecule has 2 rings (SSSR count). The van der Waals surface area contributed by atoms with Gasteiger partial charge in [0.1, 0.15) is 5.82 Å². The fraction of sp³-hybridized carbons (Fsp3) is 0.133. The van der Waals surface area contributed by atoms with E-state index in [2.05, 4.69) is 20.0 Å². The van der Waals surface area contributed by atoms with Crippen molar-refractivity contribution in [3.05, 3.63) is 54.4 Å². The highest BCUT2D eigenvalue weighted by Gasteiger charge is 2.12. The summed E-state index contributed by atoms with van der Waals surface area (Å²) < 4.78 is 4.46. The van der Waals surface area contributed by atoms with Crippen LogP contribution in [0.1, 0.15) is 10.4 Å². The molecule has 0 radical (unpaired) electrons. The summed E-state index contributed by atoms with van der Waals surface area (Å²) in [6, 6.07) is 7.16. The summed E-state index contributed by atoms with van der Waals surface area (Å²) in [4.78, 5) is 30.2. The van der Waals surface area contributed by atoms with Gasteiger partial charge < -0.3 is 15.0 Å². The average molecular weight is 285 g/mol. The predicted molar refractivity (Wildman–Crippen MR) is 77.5 cm³/mol. The van der Waals surface area contributed by atoms with Gasteiger partial charge in [-0.1, -0.05) is 24.3 Å². The van der Waals surface area contributed by atoms with Crippen molar-refractivity contribution >= 4 is 11.9 Å². The van der Waals surface area contributed by atoms with E-state index in [-0.39, 0.29) is 12.5 Å². The number of amides is 1. The molecule has 0 atom stereocenters. The number of methoxy groups -OCH3 is 1. The largest absolute Gasteiger partial charge is 0.466 e. The lowest BCUT2D eigenvalue weighted by Gasteiger charge is -2.07. The summed E-state index contributed by atoms with van der Waals surface area (Å²) in [6.45, 7) is 0.237. The van der Waals surface area contributed by atoms with Gasteiger partial charge in [-0.3, -0.25) is 4.79 Å². The number of aromatic nitrogens is 2. The number of benzene rings is 1. The number of hydrogen-bond donors (Lipinski definition) is 2. The number of nitrogens with one attached hydrogen (secondary N) is 2. The molecule has 0 bridgehead atoms. The zero-order valence-corrected chi connectivity index (χ0v) is 11.5. The molecule has 0 saturated carbocycles. The minimum Gasteiger partial charge on any atom is -0.466 e. The Morgan fingerprint density at radius 1 is 1.38 bits per heavy atom. The van der Waals surface area contributed by atoms with Gasteiger partial charge in [0.15, 0.2) is 0 Å². The van der Waals surface area contributed by atoms with Gasteiger partial charge in [-0.25, -0.2) is 9.78 Å².